The molecule has 2 heterocycles. The minimum atomic E-state index is 0.483. The van der Waals surface area contributed by atoms with Gasteiger partial charge < -0.3 is 0 Å². The molecule has 25 heavy (non-hydrogen) atoms. The first-order valence-electron chi connectivity index (χ1n) is 9.50. The van der Waals surface area contributed by atoms with Gasteiger partial charge >= 0.3 is 0 Å². The first-order chi connectivity index (χ1) is 12.2. The number of hydrazine groups is 1. The zero-order valence-electron chi connectivity index (χ0n) is 14.9. The maximum absolute atomic E-state index is 9.36. The standard InChI is InChI=1S/C21H26N4/c1-15-11-18(14-25(13-15)24-10-8-16-4-5-16)19-7-6-17(12-22)21-20(19)3-2-9-23-21/h2-3,6-7,9,15-16,18,24H,4-5,8,10-11,13-14H2,1H3. The summed E-state index contributed by atoms with van der Waals surface area (Å²) in [6.07, 6.45) is 7.12. The SMILES string of the molecule is CC1CC(c2ccc(C#N)c3ncccc23)CN(NCCC2CC2)C1. The lowest BCUT2D eigenvalue weighted by molar-refractivity contribution is 0.105. The topological polar surface area (TPSA) is 52.0 Å². The summed E-state index contributed by atoms with van der Waals surface area (Å²) in [5, 5.41) is 12.9. The molecule has 130 valence electrons. The van der Waals surface area contributed by atoms with Crippen LogP contribution in [-0.2, 0) is 0 Å². The van der Waals surface area contributed by atoms with Gasteiger partial charge in [0.1, 0.15) is 6.07 Å². The molecule has 0 radical (unpaired) electrons. The van der Waals surface area contributed by atoms with Crippen LogP contribution >= 0.6 is 0 Å². The molecule has 0 bridgehead atoms. The Hall–Kier alpha value is -1.96. The zero-order chi connectivity index (χ0) is 17.2. The normalized spacial score (nSPS) is 24.3. The maximum atomic E-state index is 9.36. The first-order valence-corrected chi connectivity index (χ1v) is 9.50. The number of aromatic nitrogens is 1. The monoisotopic (exact) mass is 334 g/mol. The fourth-order valence-corrected chi connectivity index (χ4v) is 4.18. The predicted molar refractivity (Wildman–Crippen MR) is 99.9 cm³/mol. The summed E-state index contributed by atoms with van der Waals surface area (Å²) in [5.41, 5.74) is 6.51. The van der Waals surface area contributed by atoms with Gasteiger partial charge in [-0.3, -0.25) is 10.4 Å². The van der Waals surface area contributed by atoms with Crippen LogP contribution in [0.2, 0.25) is 0 Å². The van der Waals surface area contributed by atoms with Crippen molar-refractivity contribution in [1.29, 1.82) is 5.26 Å². The van der Waals surface area contributed by atoms with E-state index in [4.69, 9.17) is 0 Å². The fraction of sp³-hybridized carbons (Fsp3) is 0.524. The van der Waals surface area contributed by atoms with Crippen LogP contribution in [-0.4, -0.2) is 29.6 Å². The van der Waals surface area contributed by atoms with Gasteiger partial charge in [0.05, 0.1) is 11.1 Å². The minimum Gasteiger partial charge on any atom is -0.255 e. The summed E-state index contributed by atoms with van der Waals surface area (Å²) in [4.78, 5) is 4.47. The summed E-state index contributed by atoms with van der Waals surface area (Å²) in [6.45, 7) is 5.59. The van der Waals surface area contributed by atoms with Gasteiger partial charge in [-0.1, -0.05) is 31.9 Å². The molecule has 1 aliphatic carbocycles. The Morgan fingerprint density at radius 2 is 2.16 bits per heavy atom. The molecule has 1 saturated heterocycles. The lowest BCUT2D eigenvalue weighted by Gasteiger charge is -2.37. The van der Waals surface area contributed by atoms with Gasteiger partial charge in [-0.15, -0.1) is 0 Å². The molecule has 0 amide bonds. The number of fused-ring (bicyclic) bond motifs is 1. The molecule has 4 heteroatoms. The van der Waals surface area contributed by atoms with Crippen molar-refractivity contribution in [3.05, 3.63) is 41.6 Å². The van der Waals surface area contributed by atoms with E-state index in [1.54, 1.807) is 6.20 Å². The van der Waals surface area contributed by atoms with Gasteiger partial charge in [0.25, 0.3) is 0 Å². The Kier molecular flexibility index (Phi) is 4.70. The van der Waals surface area contributed by atoms with Crippen LogP contribution in [0.3, 0.4) is 0 Å². The summed E-state index contributed by atoms with van der Waals surface area (Å²) in [5.74, 6) is 2.12. The van der Waals surface area contributed by atoms with Crippen LogP contribution in [0, 0.1) is 23.2 Å². The molecule has 1 saturated carbocycles. The summed E-state index contributed by atoms with van der Waals surface area (Å²) in [7, 11) is 0. The highest BCUT2D eigenvalue weighted by molar-refractivity contribution is 5.87. The highest BCUT2D eigenvalue weighted by Crippen LogP contribution is 2.35. The highest BCUT2D eigenvalue weighted by atomic mass is 15.5. The summed E-state index contributed by atoms with van der Waals surface area (Å²) < 4.78 is 0. The van der Waals surface area contributed by atoms with Crippen LogP contribution in [0.1, 0.15) is 49.7 Å². The maximum Gasteiger partial charge on any atom is 0.101 e. The van der Waals surface area contributed by atoms with Crippen molar-refractivity contribution in [2.24, 2.45) is 11.8 Å². The lowest BCUT2D eigenvalue weighted by Crippen LogP contribution is -2.47. The number of hydrogen-bond acceptors (Lipinski definition) is 4. The number of nitrogens with zero attached hydrogens (tertiary/aromatic N) is 3. The van der Waals surface area contributed by atoms with E-state index in [-0.39, 0.29) is 0 Å². The van der Waals surface area contributed by atoms with E-state index in [0.717, 1.165) is 36.5 Å². The fourth-order valence-electron chi connectivity index (χ4n) is 4.18. The van der Waals surface area contributed by atoms with Crippen LogP contribution in [0.15, 0.2) is 30.5 Å². The quantitative estimate of drug-likeness (QED) is 0.903. The number of pyridine rings is 1. The average Bonchev–Trinajstić information content (AvgIpc) is 3.44. The molecular weight excluding hydrogens is 308 g/mol. The molecular formula is C21H26N4. The largest absolute Gasteiger partial charge is 0.255 e. The van der Waals surface area contributed by atoms with Crippen LogP contribution < -0.4 is 5.43 Å². The molecule has 2 unspecified atom stereocenters. The van der Waals surface area contributed by atoms with Crippen molar-refractivity contribution < 1.29 is 0 Å². The number of rotatable bonds is 5. The predicted octanol–water partition coefficient (Wildman–Crippen LogP) is 3.84. The lowest BCUT2D eigenvalue weighted by atomic mass is 9.84. The van der Waals surface area contributed by atoms with E-state index >= 15 is 0 Å². The first kappa shape index (κ1) is 16.5. The molecule has 0 spiro atoms. The van der Waals surface area contributed by atoms with Gasteiger partial charge in [0.2, 0.25) is 0 Å². The molecule has 2 atom stereocenters. The molecule has 1 N–H and O–H groups in total. The van der Waals surface area contributed by atoms with Gasteiger partial charge in [0, 0.05) is 31.2 Å². The van der Waals surface area contributed by atoms with Gasteiger partial charge in [-0.05, 0) is 48.3 Å². The van der Waals surface area contributed by atoms with Crippen LogP contribution in [0.25, 0.3) is 10.9 Å². The van der Waals surface area contributed by atoms with Crippen molar-refractivity contribution in [1.82, 2.24) is 15.4 Å². The second kappa shape index (κ2) is 7.11. The summed E-state index contributed by atoms with van der Waals surface area (Å²) >= 11 is 0. The minimum absolute atomic E-state index is 0.483. The van der Waals surface area contributed by atoms with Gasteiger partial charge in [0.15, 0.2) is 0 Å². The molecule has 2 aromatic rings. The van der Waals surface area contributed by atoms with E-state index in [1.807, 2.05) is 12.1 Å². The Labute approximate surface area is 149 Å². The number of nitriles is 1. The Morgan fingerprint density at radius 3 is 2.96 bits per heavy atom. The van der Waals surface area contributed by atoms with Gasteiger partial charge in [-0.25, -0.2) is 5.01 Å². The third-order valence-corrected chi connectivity index (χ3v) is 5.61. The number of piperidine rings is 1. The van der Waals surface area contributed by atoms with Crippen LogP contribution in [0.5, 0.6) is 0 Å². The van der Waals surface area contributed by atoms with E-state index < -0.39 is 0 Å². The Morgan fingerprint density at radius 1 is 1.28 bits per heavy atom. The smallest absolute Gasteiger partial charge is 0.101 e. The molecule has 4 rings (SSSR count). The Balaban J connectivity index is 1.55. The zero-order valence-corrected chi connectivity index (χ0v) is 14.9. The molecule has 1 aromatic carbocycles. The molecule has 4 nitrogen and oxygen atoms in total. The van der Waals surface area contributed by atoms with E-state index in [1.165, 1.54) is 31.2 Å². The third-order valence-electron chi connectivity index (χ3n) is 5.61. The molecule has 2 fully saturated rings. The average molecular weight is 334 g/mol. The third kappa shape index (κ3) is 3.68. The van der Waals surface area contributed by atoms with Crippen molar-refractivity contribution in [2.45, 2.75) is 38.5 Å². The van der Waals surface area contributed by atoms with Gasteiger partial charge in [-0.2, -0.15) is 5.26 Å². The second-order valence-electron chi connectivity index (χ2n) is 7.80. The number of hydrogen-bond donors (Lipinski definition) is 1. The second-order valence-corrected chi connectivity index (χ2v) is 7.80. The number of benzene rings is 1. The highest BCUT2D eigenvalue weighted by Gasteiger charge is 2.28. The van der Waals surface area contributed by atoms with Crippen molar-refractivity contribution >= 4 is 10.9 Å². The van der Waals surface area contributed by atoms with E-state index in [9.17, 15) is 5.26 Å². The molecule has 2 aliphatic rings. The molecule has 1 aliphatic heterocycles. The molecule has 1 aromatic heterocycles. The Bertz CT molecular complexity index is 790. The van der Waals surface area contributed by atoms with Crippen molar-refractivity contribution in [2.75, 3.05) is 19.6 Å². The van der Waals surface area contributed by atoms with E-state index in [0.29, 0.717) is 17.4 Å². The van der Waals surface area contributed by atoms with Crippen molar-refractivity contribution in [3.63, 3.8) is 0 Å². The van der Waals surface area contributed by atoms with Crippen LogP contribution in [0.4, 0.5) is 0 Å². The number of nitrogens with one attached hydrogen (secondary N) is 1. The van der Waals surface area contributed by atoms with E-state index in [2.05, 4.69) is 40.5 Å². The van der Waals surface area contributed by atoms with Crippen molar-refractivity contribution in [3.8, 4) is 6.07 Å². The summed E-state index contributed by atoms with van der Waals surface area (Å²) in [6, 6.07) is 10.5.